The number of hydrogen-bond donors (Lipinski definition) is 2. The summed E-state index contributed by atoms with van der Waals surface area (Å²) < 4.78 is 0. The van der Waals surface area contributed by atoms with Crippen LogP contribution in [0.2, 0.25) is 0 Å². The van der Waals surface area contributed by atoms with Crippen molar-refractivity contribution < 1.29 is 14.7 Å². The zero-order valence-electron chi connectivity index (χ0n) is 9.69. The normalized spacial score (nSPS) is 22.1. The van der Waals surface area contributed by atoms with Crippen LogP contribution in [0.5, 0.6) is 0 Å². The summed E-state index contributed by atoms with van der Waals surface area (Å²) in [5.41, 5.74) is 5.59. The lowest BCUT2D eigenvalue weighted by Crippen LogP contribution is -2.40. The molecular weight excluding hydrogens is 208 g/mol. The standard InChI is InChI=1S/C11H20N2O3/c1-8(12)4-2-6-10(14)13-7-3-5-9(13)11(15)16/h8-9H,2-7,12H2,1H3,(H,15,16). The van der Waals surface area contributed by atoms with Gasteiger partial charge < -0.3 is 15.7 Å². The van der Waals surface area contributed by atoms with Gasteiger partial charge in [0.1, 0.15) is 6.04 Å². The van der Waals surface area contributed by atoms with Crippen LogP contribution in [0.4, 0.5) is 0 Å². The fourth-order valence-electron chi connectivity index (χ4n) is 2.04. The lowest BCUT2D eigenvalue weighted by Gasteiger charge is -2.21. The molecule has 1 aliphatic heterocycles. The third kappa shape index (κ3) is 3.48. The number of nitrogens with zero attached hydrogens (tertiary/aromatic N) is 1. The lowest BCUT2D eigenvalue weighted by atomic mass is 10.1. The summed E-state index contributed by atoms with van der Waals surface area (Å²) in [6.07, 6.45) is 3.31. The number of nitrogens with two attached hydrogens (primary N) is 1. The molecule has 0 aromatic carbocycles. The number of likely N-dealkylation sites (tertiary alicyclic amines) is 1. The summed E-state index contributed by atoms with van der Waals surface area (Å²) in [4.78, 5) is 24.1. The van der Waals surface area contributed by atoms with Crippen molar-refractivity contribution >= 4 is 11.9 Å². The Hall–Kier alpha value is -1.10. The van der Waals surface area contributed by atoms with Crippen LogP contribution in [0, 0.1) is 0 Å². The van der Waals surface area contributed by atoms with E-state index in [1.54, 1.807) is 0 Å². The molecule has 0 saturated carbocycles. The Morgan fingerprint density at radius 1 is 1.56 bits per heavy atom. The maximum atomic E-state index is 11.8. The number of carboxylic acids is 1. The van der Waals surface area contributed by atoms with Crippen LogP contribution < -0.4 is 5.73 Å². The molecule has 1 saturated heterocycles. The smallest absolute Gasteiger partial charge is 0.326 e. The van der Waals surface area contributed by atoms with Crippen molar-refractivity contribution in [2.45, 2.75) is 51.1 Å². The second-order valence-electron chi connectivity index (χ2n) is 4.45. The maximum absolute atomic E-state index is 11.8. The summed E-state index contributed by atoms with van der Waals surface area (Å²) in [5.74, 6) is -0.941. The van der Waals surface area contributed by atoms with Gasteiger partial charge in [-0.1, -0.05) is 0 Å². The molecule has 2 unspecified atom stereocenters. The largest absolute Gasteiger partial charge is 0.480 e. The molecule has 92 valence electrons. The van der Waals surface area contributed by atoms with E-state index in [0.717, 1.165) is 19.3 Å². The zero-order chi connectivity index (χ0) is 12.1. The van der Waals surface area contributed by atoms with E-state index in [-0.39, 0.29) is 11.9 Å². The van der Waals surface area contributed by atoms with Gasteiger partial charge in [0.05, 0.1) is 0 Å². The van der Waals surface area contributed by atoms with Gasteiger partial charge in [0.15, 0.2) is 0 Å². The van der Waals surface area contributed by atoms with Crippen molar-refractivity contribution in [3.8, 4) is 0 Å². The number of rotatable bonds is 5. The van der Waals surface area contributed by atoms with Crippen molar-refractivity contribution in [1.29, 1.82) is 0 Å². The fraction of sp³-hybridized carbons (Fsp3) is 0.818. The Morgan fingerprint density at radius 2 is 2.25 bits per heavy atom. The summed E-state index contributed by atoms with van der Waals surface area (Å²) in [5, 5.41) is 8.93. The third-order valence-electron chi connectivity index (χ3n) is 2.91. The van der Waals surface area contributed by atoms with E-state index in [1.807, 2.05) is 6.92 Å². The number of carbonyl (C=O) groups is 2. The minimum Gasteiger partial charge on any atom is -0.480 e. The molecule has 0 bridgehead atoms. The van der Waals surface area contributed by atoms with Gasteiger partial charge in [0.2, 0.25) is 5.91 Å². The van der Waals surface area contributed by atoms with Gasteiger partial charge in [0.25, 0.3) is 0 Å². The highest BCUT2D eigenvalue weighted by molar-refractivity contribution is 5.84. The lowest BCUT2D eigenvalue weighted by molar-refractivity contribution is -0.148. The highest BCUT2D eigenvalue weighted by atomic mass is 16.4. The summed E-state index contributed by atoms with van der Waals surface area (Å²) in [6, 6.07) is -0.510. The number of carboxylic acid groups (broad SMARTS) is 1. The predicted molar refractivity (Wildman–Crippen MR) is 59.9 cm³/mol. The van der Waals surface area contributed by atoms with Crippen molar-refractivity contribution in [3.05, 3.63) is 0 Å². The van der Waals surface area contributed by atoms with E-state index in [0.29, 0.717) is 19.4 Å². The third-order valence-corrected chi connectivity index (χ3v) is 2.91. The molecular formula is C11H20N2O3. The van der Waals surface area contributed by atoms with Gasteiger partial charge in [-0.05, 0) is 32.6 Å². The van der Waals surface area contributed by atoms with Gasteiger partial charge in [-0.2, -0.15) is 0 Å². The van der Waals surface area contributed by atoms with E-state index >= 15 is 0 Å². The first-order valence-electron chi connectivity index (χ1n) is 5.80. The van der Waals surface area contributed by atoms with Crippen LogP contribution in [0.15, 0.2) is 0 Å². The summed E-state index contributed by atoms with van der Waals surface area (Å²) >= 11 is 0. The minimum atomic E-state index is -0.891. The first-order chi connectivity index (χ1) is 7.52. The number of carbonyl (C=O) groups excluding carboxylic acids is 1. The quantitative estimate of drug-likeness (QED) is 0.721. The Labute approximate surface area is 95.6 Å². The average Bonchev–Trinajstić information content (AvgIpc) is 2.65. The number of hydrogen-bond acceptors (Lipinski definition) is 3. The van der Waals surface area contributed by atoms with Gasteiger partial charge in [0, 0.05) is 19.0 Å². The summed E-state index contributed by atoms with van der Waals surface area (Å²) in [6.45, 7) is 2.48. The molecule has 0 radical (unpaired) electrons. The second kappa shape index (κ2) is 5.84. The molecule has 5 heteroatoms. The predicted octanol–water partition coefficient (Wildman–Crippen LogP) is 0.580. The molecule has 2 atom stereocenters. The summed E-state index contributed by atoms with van der Waals surface area (Å²) in [7, 11) is 0. The second-order valence-corrected chi connectivity index (χ2v) is 4.45. The van der Waals surface area contributed by atoms with Crippen molar-refractivity contribution in [1.82, 2.24) is 4.90 Å². The van der Waals surface area contributed by atoms with Gasteiger partial charge in [-0.25, -0.2) is 4.79 Å². The molecule has 1 aliphatic rings. The van der Waals surface area contributed by atoms with E-state index in [4.69, 9.17) is 10.8 Å². The van der Waals surface area contributed by atoms with Crippen LogP contribution in [0.25, 0.3) is 0 Å². The van der Waals surface area contributed by atoms with Crippen LogP contribution in [0.3, 0.4) is 0 Å². The topological polar surface area (TPSA) is 83.6 Å². The molecule has 1 heterocycles. The molecule has 1 fully saturated rings. The molecule has 1 rings (SSSR count). The van der Waals surface area contributed by atoms with E-state index in [1.165, 1.54) is 4.90 Å². The Balaban J connectivity index is 2.38. The number of amides is 1. The molecule has 0 aromatic rings. The molecule has 1 amide bonds. The van der Waals surface area contributed by atoms with E-state index in [9.17, 15) is 9.59 Å². The van der Waals surface area contributed by atoms with Crippen molar-refractivity contribution in [2.24, 2.45) is 5.73 Å². The van der Waals surface area contributed by atoms with Crippen LogP contribution in [-0.4, -0.2) is 40.5 Å². The average molecular weight is 228 g/mol. The van der Waals surface area contributed by atoms with E-state index in [2.05, 4.69) is 0 Å². The Morgan fingerprint density at radius 3 is 2.81 bits per heavy atom. The van der Waals surface area contributed by atoms with Crippen molar-refractivity contribution in [2.75, 3.05) is 6.54 Å². The van der Waals surface area contributed by atoms with Crippen molar-refractivity contribution in [3.63, 3.8) is 0 Å². The van der Waals surface area contributed by atoms with Gasteiger partial charge >= 0.3 is 5.97 Å². The fourth-order valence-corrected chi connectivity index (χ4v) is 2.04. The highest BCUT2D eigenvalue weighted by Gasteiger charge is 2.33. The van der Waals surface area contributed by atoms with Gasteiger partial charge in [-0.15, -0.1) is 0 Å². The van der Waals surface area contributed by atoms with E-state index < -0.39 is 12.0 Å². The molecule has 3 N–H and O–H groups in total. The molecule has 0 spiro atoms. The van der Waals surface area contributed by atoms with Crippen LogP contribution in [-0.2, 0) is 9.59 Å². The molecule has 0 aliphatic carbocycles. The maximum Gasteiger partial charge on any atom is 0.326 e. The Bertz CT molecular complexity index is 266. The Kier molecular flexibility index (Phi) is 4.73. The first-order valence-corrected chi connectivity index (χ1v) is 5.80. The van der Waals surface area contributed by atoms with Crippen LogP contribution >= 0.6 is 0 Å². The highest BCUT2D eigenvalue weighted by Crippen LogP contribution is 2.19. The molecule has 16 heavy (non-hydrogen) atoms. The minimum absolute atomic E-state index is 0.0504. The number of aliphatic carboxylic acids is 1. The molecule has 0 aromatic heterocycles. The SMILES string of the molecule is CC(N)CCCC(=O)N1CCCC1C(=O)O. The first kappa shape index (κ1) is 13.0. The monoisotopic (exact) mass is 228 g/mol. The molecule has 5 nitrogen and oxygen atoms in total. The zero-order valence-corrected chi connectivity index (χ0v) is 9.69. The van der Waals surface area contributed by atoms with Gasteiger partial charge in [-0.3, -0.25) is 4.79 Å². The van der Waals surface area contributed by atoms with Crippen LogP contribution in [0.1, 0.15) is 39.0 Å².